The van der Waals surface area contributed by atoms with Crippen LogP contribution in [0.5, 0.6) is 0 Å². The molecule has 1 aromatic heterocycles. The van der Waals surface area contributed by atoms with Crippen LogP contribution in [-0.4, -0.2) is 53.9 Å². The molecule has 0 aliphatic carbocycles. The first-order chi connectivity index (χ1) is 9.67. The van der Waals surface area contributed by atoms with Gasteiger partial charge in [-0.05, 0) is 25.7 Å². The van der Waals surface area contributed by atoms with Crippen LogP contribution in [0.15, 0.2) is 0 Å². The Labute approximate surface area is 120 Å². The van der Waals surface area contributed by atoms with Gasteiger partial charge in [0.1, 0.15) is 0 Å². The van der Waals surface area contributed by atoms with E-state index in [-0.39, 0.29) is 6.61 Å². The zero-order valence-corrected chi connectivity index (χ0v) is 12.7. The Bertz CT molecular complexity index is 385. The quantitative estimate of drug-likeness (QED) is 0.558. The predicted molar refractivity (Wildman–Crippen MR) is 82.4 cm³/mol. The Morgan fingerprint density at radius 1 is 0.950 bits per heavy atom. The predicted octanol–water partition coefficient (Wildman–Crippen LogP) is 1.33. The van der Waals surface area contributed by atoms with Crippen LogP contribution in [0.25, 0.3) is 0 Å². The summed E-state index contributed by atoms with van der Waals surface area (Å²) in [6, 6.07) is 0. The van der Waals surface area contributed by atoms with Gasteiger partial charge in [-0.1, -0.05) is 6.92 Å². The lowest BCUT2D eigenvalue weighted by molar-refractivity contribution is 0.283. The molecule has 20 heavy (non-hydrogen) atoms. The van der Waals surface area contributed by atoms with Crippen LogP contribution >= 0.6 is 0 Å². The summed E-state index contributed by atoms with van der Waals surface area (Å²) in [5.41, 5.74) is 0. The molecule has 0 saturated heterocycles. The molecule has 0 radical (unpaired) electrons. The molecule has 1 heterocycles. The topological polar surface area (TPSA) is 86.2 Å². The molecule has 0 bridgehead atoms. The average molecular weight is 282 g/mol. The third kappa shape index (κ3) is 6.01. The average Bonchev–Trinajstić information content (AvgIpc) is 2.44. The number of unbranched alkanes of at least 4 members (excludes halogenated alkanes) is 2. The number of hydrogen-bond acceptors (Lipinski definition) is 7. The normalized spacial score (nSPS) is 10.4. The van der Waals surface area contributed by atoms with E-state index in [2.05, 4.69) is 32.5 Å². The maximum Gasteiger partial charge on any atom is 0.231 e. The van der Waals surface area contributed by atoms with Crippen LogP contribution in [0.3, 0.4) is 0 Å². The summed E-state index contributed by atoms with van der Waals surface area (Å²) in [5.74, 6) is 1.83. The summed E-state index contributed by atoms with van der Waals surface area (Å²) < 4.78 is 0. The molecular weight excluding hydrogens is 256 g/mol. The first-order valence-corrected chi connectivity index (χ1v) is 7.19. The SMILES string of the molecule is CCCNc1nc(NCCCCCO)nc(N(C)C)n1. The van der Waals surface area contributed by atoms with E-state index in [9.17, 15) is 0 Å². The summed E-state index contributed by atoms with van der Waals surface area (Å²) in [6.45, 7) is 3.99. The lowest BCUT2D eigenvalue weighted by atomic mass is 10.2. The molecule has 7 heteroatoms. The van der Waals surface area contributed by atoms with E-state index in [0.717, 1.165) is 38.8 Å². The van der Waals surface area contributed by atoms with E-state index in [1.54, 1.807) is 0 Å². The van der Waals surface area contributed by atoms with Crippen molar-refractivity contribution in [1.82, 2.24) is 15.0 Å². The van der Waals surface area contributed by atoms with Gasteiger partial charge in [0.2, 0.25) is 17.8 Å². The zero-order valence-electron chi connectivity index (χ0n) is 12.7. The van der Waals surface area contributed by atoms with E-state index < -0.39 is 0 Å². The minimum absolute atomic E-state index is 0.252. The smallest absolute Gasteiger partial charge is 0.231 e. The summed E-state index contributed by atoms with van der Waals surface area (Å²) in [7, 11) is 3.81. The van der Waals surface area contributed by atoms with E-state index in [1.165, 1.54) is 0 Å². The highest BCUT2D eigenvalue weighted by Crippen LogP contribution is 2.11. The van der Waals surface area contributed by atoms with E-state index in [4.69, 9.17) is 5.11 Å². The molecule has 0 aliphatic rings. The monoisotopic (exact) mass is 282 g/mol. The summed E-state index contributed by atoms with van der Waals surface area (Å²) in [5, 5.41) is 15.1. The van der Waals surface area contributed by atoms with Gasteiger partial charge in [0.15, 0.2) is 0 Å². The van der Waals surface area contributed by atoms with Gasteiger partial charge in [-0.25, -0.2) is 0 Å². The van der Waals surface area contributed by atoms with Gasteiger partial charge in [-0.15, -0.1) is 0 Å². The van der Waals surface area contributed by atoms with Gasteiger partial charge in [-0.2, -0.15) is 15.0 Å². The van der Waals surface area contributed by atoms with Gasteiger partial charge in [0.05, 0.1) is 0 Å². The lowest BCUT2D eigenvalue weighted by Gasteiger charge is -2.14. The van der Waals surface area contributed by atoms with Crippen molar-refractivity contribution in [2.45, 2.75) is 32.6 Å². The highest BCUT2D eigenvalue weighted by Gasteiger charge is 2.07. The lowest BCUT2D eigenvalue weighted by Crippen LogP contribution is -2.17. The first-order valence-electron chi connectivity index (χ1n) is 7.19. The fourth-order valence-corrected chi connectivity index (χ4v) is 1.57. The van der Waals surface area contributed by atoms with Crippen LogP contribution in [0.1, 0.15) is 32.6 Å². The van der Waals surface area contributed by atoms with Crippen molar-refractivity contribution >= 4 is 17.8 Å². The van der Waals surface area contributed by atoms with Crippen molar-refractivity contribution in [1.29, 1.82) is 0 Å². The molecule has 0 aromatic carbocycles. The van der Waals surface area contributed by atoms with Crippen molar-refractivity contribution < 1.29 is 5.11 Å². The Morgan fingerprint density at radius 2 is 1.60 bits per heavy atom. The number of nitrogens with zero attached hydrogens (tertiary/aromatic N) is 4. The molecule has 0 atom stereocenters. The minimum Gasteiger partial charge on any atom is -0.396 e. The number of aliphatic hydroxyl groups excluding tert-OH is 1. The van der Waals surface area contributed by atoms with Crippen LogP contribution in [0, 0.1) is 0 Å². The van der Waals surface area contributed by atoms with Gasteiger partial charge < -0.3 is 20.6 Å². The molecule has 0 amide bonds. The van der Waals surface area contributed by atoms with Crippen molar-refractivity contribution in [2.24, 2.45) is 0 Å². The summed E-state index contributed by atoms with van der Waals surface area (Å²) >= 11 is 0. The van der Waals surface area contributed by atoms with Crippen LogP contribution in [0.2, 0.25) is 0 Å². The van der Waals surface area contributed by atoms with Gasteiger partial charge in [0, 0.05) is 33.8 Å². The number of aromatic nitrogens is 3. The van der Waals surface area contributed by atoms with E-state index in [0.29, 0.717) is 17.8 Å². The molecule has 0 fully saturated rings. The van der Waals surface area contributed by atoms with Gasteiger partial charge in [0.25, 0.3) is 0 Å². The maximum atomic E-state index is 8.73. The van der Waals surface area contributed by atoms with Crippen molar-refractivity contribution in [3.63, 3.8) is 0 Å². The number of aliphatic hydroxyl groups is 1. The minimum atomic E-state index is 0.252. The molecule has 0 aliphatic heterocycles. The molecule has 0 spiro atoms. The second-order valence-electron chi connectivity index (χ2n) is 4.81. The van der Waals surface area contributed by atoms with E-state index >= 15 is 0 Å². The number of rotatable bonds is 10. The molecule has 114 valence electrons. The molecule has 0 saturated carbocycles. The number of hydrogen-bond donors (Lipinski definition) is 3. The second kappa shape index (κ2) is 9.30. The molecule has 1 aromatic rings. The molecular formula is C13H26N6O. The largest absolute Gasteiger partial charge is 0.396 e. The Hall–Kier alpha value is -1.63. The van der Waals surface area contributed by atoms with Gasteiger partial charge in [-0.3, -0.25) is 0 Å². The zero-order chi connectivity index (χ0) is 14.8. The molecule has 3 N–H and O–H groups in total. The van der Waals surface area contributed by atoms with Crippen LogP contribution in [-0.2, 0) is 0 Å². The van der Waals surface area contributed by atoms with Gasteiger partial charge >= 0.3 is 0 Å². The Balaban J connectivity index is 2.60. The second-order valence-corrected chi connectivity index (χ2v) is 4.81. The first kappa shape index (κ1) is 16.4. The fraction of sp³-hybridized carbons (Fsp3) is 0.769. The molecule has 7 nitrogen and oxygen atoms in total. The number of nitrogens with one attached hydrogen (secondary N) is 2. The van der Waals surface area contributed by atoms with Crippen molar-refractivity contribution in [3.8, 4) is 0 Å². The summed E-state index contributed by atoms with van der Waals surface area (Å²) in [6.07, 6.45) is 3.84. The Kier molecular flexibility index (Phi) is 7.64. The van der Waals surface area contributed by atoms with Crippen LogP contribution < -0.4 is 15.5 Å². The third-order valence-electron chi connectivity index (χ3n) is 2.67. The third-order valence-corrected chi connectivity index (χ3v) is 2.67. The van der Waals surface area contributed by atoms with E-state index in [1.807, 2.05) is 19.0 Å². The van der Waals surface area contributed by atoms with Crippen LogP contribution in [0.4, 0.5) is 17.8 Å². The highest BCUT2D eigenvalue weighted by molar-refractivity contribution is 5.42. The molecule has 0 unspecified atom stereocenters. The maximum absolute atomic E-state index is 8.73. The summed E-state index contributed by atoms with van der Waals surface area (Å²) in [4.78, 5) is 14.9. The fourth-order valence-electron chi connectivity index (χ4n) is 1.57. The Morgan fingerprint density at radius 3 is 2.15 bits per heavy atom. The van der Waals surface area contributed by atoms with Crippen molar-refractivity contribution in [3.05, 3.63) is 0 Å². The van der Waals surface area contributed by atoms with Crippen molar-refractivity contribution in [2.75, 3.05) is 49.3 Å². The standard InChI is InChI=1S/C13H26N6O/c1-4-8-14-11-16-12(15-9-6-5-7-10-20)18-13(17-11)19(2)3/h20H,4-10H2,1-3H3,(H2,14,15,16,17,18). The highest BCUT2D eigenvalue weighted by atomic mass is 16.2. The number of anilines is 3. The molecule has 1 rings (SSSR count).